The minimum atomic E-state index is -1.01. The number of thioether (sulfide) groups is 1. The Kier molecular flexibility index (Phi) is 8.99. The van der Waals surface area contributed by atoms with Gasteiger partial charge in [0.1, 0.15) is 30.6 Å². The topological polar surface area (TPSA) is 136 Å². The second-order valence-corrected chi connectivity index (χ2v) is 11.5. The molecular formula is C29H27BrN2O9S. The number of para-hydroxylation sites is 2. The van der Waals surface area contributed by atoms with Gasteiger partial charge >= 0.3 is 23.5 Å². The van der Waals surface area contributed by atoms with Crippen LogP contribution in [0.25, 0.3) is 22.0 Å². The Bertz CT molecular complexity index is 1720. The smallest absolute Gasteiger partial charge is 0.340 e. The molecule has 4 aromatic rings. The summed E-state index contributed by atoms with van der Waals surface area (Å²) in [5.41, 5.74) is 1.90. The first kappa shape index (κ1) is 29.8. The van der Waals surface area contributed by atoms with Crippen LogP contribution in [0.2, 0.25) is 0 Å². The highest BCUT2D eigenvalue weighted by molar-refractivity contribution is 9.10. The van der Waals surface area contributed by atoms with Gasteiger partial charge in [0.25, 0.3) is 0 Å². The lowest BCUT2D eigenvalue weighted by Crippen LogP contribution is -2.52. The molecule has 1 saturated heterocycles. The molecule has 11 nitrogen and oxygen atoms in total. The SMILES string of the molecule is CC(=O)OC[C@H]1OC(n2c(SCc3cc4cc(Br)ccc4oc3=O)nc3ccccc32)C[C@@H](OC(C)=O)[C@@H]1OC(C)=O. The number of rotatable bonds is 8. The maximum absolute atomic E-state index is 12.8. The highest BCUT2D eigenvalue weighted by Crippen LogP contribution is 2.38. The van der Waals surface area contributed by atoms with Gasteiger partial charge in [-0.1, -0.05) is 39.8 Å². The van der Waals surface area contributed by atoms with E-state index in [2.05, 4.69) is 15.9 Å². The van der Waals surface area contributed by atoms with Crippen molar-refractivity contribution in [1.29, 1.82) is 0 Å². The lowest BCUT2D eigenvalue weighted by atomic mass is 10.00. The van der Waals surface area contributed by atoms with Crippen molar-refractivity contribution < 1.29 is 37.7 Å². The molecule has 0 saturated carbocycles. The maximum atomic E-state index is 12.8. The first-order valence-corrected chi connectivity index (χ1v) is 14.8. The van der Waals surface area contributed by atoms with Crippen molar-refractivity contribution in [3.05, 3.63) is 69.0 Å². The van der Waals surface area contributed by atoms with Gasteiger partial charge in [-0.25, -0.2) is 9.78 Å². The molecule has 220 valence electrons. The lowest BCUT2D eigenvalue weighted by Gasteiger charge is -2.40. The van der Waals surface area contributed by atoms with E-state index in [0.717, 1.165) is 15.4 Å². The average molecular weight is 660 g/mol. The highest BCUT2D eigenvalue weighted by Gasteiger charge is 2.45. The number of carbonyl (C=O) groups excluding carboxylic acids is 3. The second kappa shape index (κ2) is 12.7. The number of nitrogens with zero attached hydrogens (tertiary/aromatic N) is 2. The zero-order valence-corrected chi connectivity index (χ0v) is 25.3. The molecule has 0 radical (unpaired) electrons. The summed E-state index contributed by atoms with van der Waals surface area (Å²) in [5.74, 6) is -1.46. The Morgan fingerprint density at radius 1 is 1.05 bits per heavy atom. The van der Waals surface area contributed by atoms with E-state index in [1.165, 1.54) is 32.5 Å². The average Bonchev–Trinajstić information content (AvgIpc) is 3.30. The molecule has 42 heavy (non-hydrogen) atoms. The van der Waals surface area contributed by atoms with Crippen LogP contribution in [-0.4, -0.2) is 52.4 Å². The molecule has 0 bridgehead atoms. The number of esters is 3. The quantitative estimate of drug-likeness (QED) is 0.110. The van der Waals surface area contributed by atoms with E-state index >= 15 is 0 Å². The van der Waals surface area contributed by atoms with E-state index < -0.39 is 48.1 Å². The number of benzene rings is 2. The van der Waals surface area contributed by atoms with Crippen LogP contribution in [0.3, 0.4) is 0 Å². The van der Waals surface area contributed by atoms with Gasteiger partial charge in [0.2, 0.25) is 0 Å². The van der Waals surface area contributed by atoms with Gasteiger partial charge < -0.3 is 23.4 Å². The minimum Gasteiger partial charge on any atom is -0.463 e. The zero-order valence-electron chi connectivity index (χ0n) is 22.9. The van der Waals surface area contributed by atoms with Crippen LogP contribution < -0.4 is 5.63 Å². The second-order valence-electron chi connectivity index (χ2n) is 9.67. The molecule has 1 aliphatic heterocycles. The summed E-state index contributed by atoms with van der Waals surface area (Å²) in [7, 11) is 0. The number of carbonyl (C=O) groups is 3. The molecule has 3 heterocycles. The van der Waals surface area contributed by atoms with Crippen LogP contribution in [-0.2, 0) is 39.1 Å². The predicted molar refractivity (Wildman–Crippen MR) is 156 cm³/mol. The van der Waals surface area contributed by atoms with Crippen LogP contribution in [0, 0.1) is 0 Å². The third-order valence-electron chi connectivity index (χ3n) is 6.54. The molecular weight excluding hydrogens is 632 g/mol. The van der Waals surface area contributed by atoms with Gasteiger partial charge in [-0.05, 0) is 36.4 Å². The number of aromatic nitrogens is 2. The van der Waals surface area contributed by atoms with Crippen molar-refractivity contribution in [2.24, 2.45) is 0 Å². The van der Waals surface area contributed by atoms with Gasteiger partial charge in [-0.15, -0.1) is 0 Å². The monoisotopic (exact) mass is 658 g/mol. The van der Waals surface area contributed by atoms with Crippen LogP contribution in [0.1, 0.15) is 39.0 Å². The van der Waals surface area contributed by atoms with E-state index in [0.29, 0.717) is 21.8 Å². The summed E-state index contributed by atoms with van der Waals surface area (Å²) < 4.78 is 30.9. The predicted octanol–water partition coefficient (Wildman–Crippen LogP) is 4.91. The van der Waals surface area contributed by atoms with E-state index in [1.807, 2.05) is 34.9 Å². The van der Waals surface area contributed by atoms with Gasteiger partial charge in [0.05, 0.1) is 11.0 Å². The van der Waals surface area contributed by atoms with Crippen LogP contribution in [0.5, 0.6) is 0 Å². The highest BCUT2D eigenvalue weighted by atomic mass is 79.9. The third kappa shape index (κ3) is 6.69. The lowest BCUT2D eigenvalue weighted by molar-refractivity contribution is -0.227. The molecule has 2 aromatic heterocycles. The Balaban J connectivity index is 1.51. The largest absolute Gasteiger partial charge is 0.463 e. The maximum Gasteiger partial charge on any atom is 0.340 e. The van der Waals surface area contributed by atoms with Gasteiger partial charge in [-0.2, -0.15) is 0 Å². The molecule has 13 heteroatoms. The standard InChI is InChI=1S/C29H27BrN2O9S/c1-15(33)37-13-25-27(39-17(3)35)24(38-16(2)34)12-26(40-25)32-22-7-5-4-6-21(22)31-29(32)42-14-19-10-18-11-20(30)8-9-23(18)41-28(19)36/h4-11,24-27H,12-14H2,1-3H3/t24-,25-,26?,27+/m1/s1. The number of hydrogen-bond acceptors (Lipinski definition) is 11. The Hall–Kier alpha value is -3.68. The summed E-state index contributed by atoms with van der Waals surface area (Å²) in [5, 5.41) is 1.31. The number of ether oxygens (including phenoxy) is 4. The van der Waals surface area contributed by atoms with Crippen molar-refractivity contribution in [2.45, 2.75) is 62.6 Å². The minimum absolute atomic E-state index is 0.119. The normalized spacial score (nSPS) is 20.4. The number of imidazole rings is 1. The molecule has 5 rings (SSSR count). The first-order chi connectivity index (χ1) is 20.1. The molecule has 0 aliphatic carbocycles. The summed E-state index contributed by atoms with van der Waals surface area (Å²) in [6.45, 7) is 3.52. The van der Waals surface area contributed by atoms with Crippen LogP contribution >= 0.6 is 27.7 Å². The van der Waals surface area contributed by atoms with Crippen molar-refractivity contribution in [3.8, 4) is 0 Å². The van der Waals surface area contributed by atoms with E-state index in [9.17, 15) is 19.2 Å². The third-order valence-corrected chi connectivity index (χ3v) is 8.04. The van der Waals surface area contributed by atoms with Crippen LogP contribution in [0.15, 0.2) is 67.4 Å². The molecule has 0 amide bonds. The van der Waals surface area contributed by atoms with Crippen LogP contribution in [0.4, 0.5) is 0 Å². The Morgan fingerprint density at radius 3 is 2.55 bits per heavy atom. The molecule has 1 fully saturated rings. The van der Waals surface area contributed by atoms with E-state index in [1.54, 1.807) is 18.2 Å². The Labute approximate surface area is 252 Å². The molecule has 0 spiro atoms. The fourth-order valence-corrected chi connectivity index (χ4v) is 6.24. The van der Waals surface area contributed by atoms with Gasteiger partial charge in [0.15, 0.2) is 11.3 Å². The molecule has 4 atom stereocenters. The van der Waals surface area contributed by atoms with E-state index in [-0.39, 0.29) is 18.8 Å². The fraction of sp³-hybridized carbons (Fsp3) is 0.345. The first-order valence-electron chi connectivity index (χ1n) is 13.0. The summed E-state index contributed by atoms with van der Waals surface area (Å²) in [6.07, 6.45) is -3.47. The van der Waals surface area contributed by atoms with E-state index in [4.69, 9.17) is 28.3 Å². The molecule has 0 N–H and O–H groups in total. The van der Waals surface area contributed by atoms with Gasteiger partial charge in [0, 0.05) is 48.4 Å². The zero-order chi connectivity index (χ0) is 30.0. The number of halogens is 1. The molecule has 1 aliphatic rings. The number of fused-ring (bicyclic) bond motifs is 2. The number of hydrogen-bond donors (Lipinski definition) is 0. The van der Waals surface area contributed by atoms with Crippen molar-refractivity contribution in [3.63, 3.8) is 0 Å². The fourth-order valence-electron chi connectivity index (χ4n) is 4.86. The summed E-state index contributed by atoms with van der Waals surface area (Å²) >= 11 is 4.76. The molecule has 1 unspecified atom stereocenters. The summed E-state index contributed by atoms with van der Waals surface area (Å²) in [6, 6.07) is 14.6. The Morgan fingerprint density at radius 2 is 1.81 bits per heavy atom. The van der Waals surface area contributed by atoms with Crippen molar-refractivity contribution in [2.75, 3.05) is 6.61 Å². The molecule has 2 aromatic carbocycles. The van der Waals surface area contributed by atoms with Crippen molar-refractivity contribution in [1.82, 2.24) is 9.55 Å². The summed E-state index contributed by atoms with van der Waals surface area (Å²) in [4.78, 5) is 53.2. The van der Waals surface area contributed by atoms with Crippen molar-refractivity contribution >= 4 is 67.6 Å². The van der Waals surface area contributed by atoms with Gasteiger partial charge in [-0.3, -0.25) is 19.0 Å².